The molecule has 0 bridgehead atoms. The lowest BCUT2D eigenvalue weighted by Crippen LogP contribution is -2.50. The van der Waals surface area contributed by atoms with Crippen molar-refractivity contribution in [1.29, 1.82) is 0 Å². The van der Waals surface area contributed by atoms with Crippen LogP contribution in [0.4, 0.5) is 0 Å². The molecule has 1 atom stereocenters. The number of pyridine rings is 1. The van der Waals surface area contributed by atoms with Crippen LogP contribution < -0.4 is 0 Å². The highest BCUT2D eigenvalue weighted by Crippen LogP contribution is 2.26. The Labute approximate surface area is 173 Å². The van der Waals surface area contributed by atoms with Crippen LogP contribution in [0.25, 0.3) is 0 Å². The van der Waals surface area contributed by atoms with E-state index in [9.17, 15) is 4.79 Å². The van der Waals surface area contributed by atoms with E-state index in [1.807, 2.05) is 36.5 Å². The molecule has 1 amide bonds. The van der Waals surface area contributed by atoms with Crippen molar-refractivity contribution in [3.05, 3.63) is 54.2 Å². The third-order valence-electron chi connectivity index (χ3n) is 6.38. The number of likely N-dealkylation sites (tertiary alicyclic amines) is 2. The van der Waals surface area contributed by atoms with Gasteiger partial charge in [-0.15, -0.1) is 0 Å². The Morgan fingerprint density at radius 1 is 1.17 bits per heavy atom. The van der Waals surface area contributed by atoms with Gasteiger partial charge in [-0.1, -0.05) is 0 Å². The number of hydrogen-bond acceptors (Lipinski definition) is 5. The normalized spacial score (nSPS) is 21.9. The monoisotopic (exact) mass is 396 g/mol. The summed E-state index contributed by atoms with van der Waals surface area (Å²) in [6.45, 7) is 5.84. The lowest BCUT2D eigenvalue weighted by molar-refractivity contribution is -0.137. The van der Waals surface area contributed by atoms with Crippen LogP contribution in [0.5, 0.6) is 0 Å². The van der Waals surface area contributed by atoms with E-state index in [0.717, 1.165) is 51.3 Å². The molecule has 0 N–H and O–H groups in total. The molecule has 4 heterocycles. The maximum Gasteiger partial charge on any atom is 0.227 e. The standard InChI is InChI=1S/C23H32N4O2/c1-25(18-22-5-3-15-29-22)23(28)20-4-2-12-27(17-20)21-8-13-26(14-9-21)16-19-6-10-24-11-7-19/h3,5-7,10-11,15,20-21H,2,4,8-9,12-14,16-18H2,1H3/t20-/m1/s1. The Bertz CT molecular complexity index is 756. The molecule has 2 aliphatic rings. The van der Waals surface area contributed by atoms with Crippen LogP contribution in [0, 0.1) is 5.92 Å². The lowest BCUT2D eigenvalue weighted by atomic mass is 9.93. The minimum absolute atomic E-state index is 0.110. The van der Waals surface area contributed by atoms with Crippen LogP contribution in [0.2, 0.25) is 0 Å². The third-order valence-corrected chi connectivity index (χ3v) is 6.38. The van der Waals surface area contributed by atoms with Gasteiger partial charge in [-0.25, -0.2) is 0 Å². The summed E-state index contributed by atoms with van der Waals surface area (Å²) >= 11 is 0. The fraction of sp³-hybridized carbons (Fsp3) is 0.565. The number of rotatable bonds is 6. The molecule has 0 aliphatic carbocycles. The average Bonchev–Trinajstić information content (AvgIpc) is 3.27. The van der Waals surface area contributed by atoms with Crippen LogP contribution in [0.3, 0.4) is 0 Å². The van der Waals surface area contributed by atoms with E-state index < -0.39 is 0 Å². The molecule has 0 spiro atoms. The number of piperidine rings is 2. The van der Waals surface area contributed by atoms with Crippen LogP contribution in [0.15, 0.2) is 47.3 Å². The Kier molecular flexibility index (Phi) is 6.62. The van der Waals surface area contributed by atoms with E-state index in [2.05, 4.69) is 26.9 Å². The summed E-state index contributed by atoms with van der Waals surface area (Å²) in [5.74, 6) is 1.20. The SMILES string of the molecule is CN(Cc1ccco1)C(=O)[C@@H]1CCCN(C2CCN(Cc3ccncc3)CC2)C1. The number of carbonyl (C=O) groups excluding carboxylic acids is 1. The van der Waals surface area contributed by atoms with Gasteiger partial charge < -0.3 is 9.32 Å². The van der Waals surface area contributed by atoms with Crippen molar-refractivity contribution < 1.29 is 9.21 Å². The van der Waals surface area contributed by atoms with Gasteiger partial charge in [-0.3, -0.25) is 19.6 Å². The second kappa shape index (κ2) is 9.55. The first-order valence-electron chi connectivity index (χ1n) is 10.8. The van der Waals surface area contributed by atoms with E-state index in [0.29, 0.717) is 12.6 Å². The molecule has 4 rings (SSSR count). The van der Waals surface area contributed by atoms with Gasteiger partial charge in [0.15, 0.2) is 0 Å². The molecule has 6 nitrogen and oxygen atoms in total. The summed E-state index contributed by atoms with van der Waals surface area (Å²) in [4.78, 5) is 24.0. The lowest BCUT2D eigenvalue weighted by Gasteiger charge is -2.42. The number of aromatic nitrogens is 1. The molecule has 2 aliphatic heterocycles. The summed E-state index contributed by atoms with van der Waals surface area (Å²) < 4.78 is 5.40. The molecule has 2 fully saturated rings. The maximum absolute atomic E-state index is 13.0. The van der Waals surface area contributed by atoms with Crippen molar-refractivity contribution in [2.24, 2.45) is 5.92 Å². The van der Waals surface area contributed by atoms with E-state index in [1.54, 1.807) is 6.26 Å². The zero-order valence-corrected chi connectivity index (χ0v) is 17.4. The quantitative estimate of drug-likeness (QED) is 0.751. The van der Waals surface area contributed by atoms with Crippen molar-refractivity contribution >= 4 is 5.91 Å². The van der Waals surface area contributed by atoms with Crippen molar-refractivity contribution in [3.8, 4) is 0 Å². The molecule has 0 radical (unpaired) electrons. The van der Waals surface area contributed by atoms with Crippen molar-refractivity contribution in [3.63, 3.8) is 0 Å². The summed E-state index contributed by atoms with van der Waals surface area (Å²) in [6, 6.07) is 8.61. The minimum atomic E-state index is 0.110. The van der Waals surface area contributed by atoms with Crippen LogP contribution >= 0.6 is 0 Å². The average molecular weight is 397 g/mol. The van der Waals surface area contributed by atoms with Gasteiger partial charge >= 0.3 is 0 Å². The number of nitrogens with zero attached hydrogens (tertiary/aromatic N) is 4. The summed E-state index contributed by atoms with van der Waals surface area (Å²) in [5, 5.41) is 0. The predicted octanol–water partition coefficient (Wildman–Crippen LogP) is 3.01. The van der Waals surface area contributed by atoms with Crippen LogP contribution in [0.1, 0.15) is 37.0 Å². The van der Waals surface area contributed by atoms with Gasteiger partial charge in [0.2, 0.25) is 5.91 Å². The maximum atomic E-state index is 13.0. The fourth-order valence-corrected chi connectivity index (χ4v) is 4.75. The van der Waals surface area contributed by atoms with Crippen LogP contribution in [-0.2, 0) is 17.9 Å². The van der Waals surface area contributed by atoms with Gasteiger partial charge in [0.05, 0.1) is 18.7 Å². The number of hydrogen-bond donors (Lipinski definition) is 0. The second-order valence-corrected chi connectivity index (χ2v) is 8.47. The first-order valence-corrected chi connectivity index (χ1v) is 10.8. The topological polar surface area (TPSA) is 52.8 Å². The molecule has 2 aromatic rings. The smallest absolute Gasteiger partial charge is 0.227 e. The zero-order chi connectivity index (χ0) is 20.1. The molecular weight excluding hydrogens is 364 g/mol. The summed E-state index contributed by atoms with van der Waals surface area (Å²) in [5.41, 5.74) is 1.33. The molecule has 0 aromatic carbocycles. The number of amides is 1. The van der Waals surface area contributed by atoms with Crippen molar-refractivity contribution in [2.45, 2.75) is 44.8 Å². The molecular formula is C23H32N4O2. The molecule has 2 aromatic heterocycles. The third kappa shape index (κ3) is 5.25. The van der Waals surface area contributed by atoms with Gasteiger partial charge in [0.1, 0.15) is 5.76 Å². The minimum Gasteiger partial charge on any atom is -0.467 e. The predicted molar refractivity (Wildman–Crippen MR) is 112 cm³/mol. The molecule has 0 saturated carbocycles. The number of furan rings is 1. The molecule has 0 unspecified atom stereocenters. The molecule has 2 saturated heterocycles. The Morgan fingerprint density at radius 2 is 1.97 bits per heavy atom. The highest BCUT2D eigenvalue weighted by Gasteiger charge is 2.32. The van der Waals surface area contributed by atoms with E-state index in [4.69, 9.17) is 4.42 Å². The Balaban J connectivity index is 1.26. The van der Waals surface area contributed by atoms with Gasteiger partial charge in [0.25, 0.3) is 0 Å². The van der Waals surface area contributed by atoms with E-state index in [-0.39, 0.29) is 11.8 Å². The van der Waals surface area contributed by atoms with Crippen molar-refractivity contribution in [1.82, 2.24) is 19.7 Å². The first kappa shape index (κ1) is 20.1. The Hall–Kier alpha value is -2.18. The zero-order valence-electron chi connectivity index (χ0n) is 17.4. The second-order valence-electron chi connectivity index (χ2n) is 8.47. The molecule has 29 heavy (non-hydrogen) atoms. The van der Waals surface area contributed by atoms with E-state index in [1.165, 1.54) is 18.4 Å². The van der Waals surface area contributed by atoms with Gasteiger partial charge in [-0.05, 0) is 75.1 Å². The Morgan fingerprint density at radius 3 is 2.69 bits per heavy atom. The summed E-state index contributed by atoms with van der Waals surface area (Å²) in [6.07, 6.45) is 9.90. The first-order chi connectivity index (χ1) is 14.2. The van der Waals surface area contributed by atoms with E-state index >= 15 is 0 Å². The molecule has 156 valence electrons. The number of carbonyl (C=O) groups is 1. The largest absolute Gasteiger partial charge is 0.467 e. The molecule has 6 heteroatoms. The summed E-state index contributed by atoms with van der Waals surface area (Å²) in [7, 11) is 1.89. The highest BCUT2D eigenvalue weighted by atomic mass is 16.3. The van der Waals surface area contributed by atoms with Gasteiger partial charge in [0, 0.05) is 38.6 Å². The highest BCUT2D eigenvalue weighted by molar-refractivity contribution is 5.78. The van der Waals surface area contributed by atoms with Crippen LogP contribution in [-0.4, -0.2) is 64.9 Å². The van der Waals surface area contributed by atoms with Crippen molar-refractivity contribution in [2.75, 3.05) is 33.2 Å². The van der Waals surface area contributed by atoms with Gasteiger partial charge in [-0.2, -0.15) is 0 Å². The fourth-order valence-electron chi connectivity index (χ4n) is 4.75.